The van der Waals surface area contributed by atoms with Gasteiger partial charge in [-0.25, -0.2) is 0 Å². The molecule has 0 saturated carbocycles. The first-order valence-electron chi connectivity index (χ1n) is 8.72. The lowest BCUT2D eigenvalue weighted by atomic mass is 10.2. The van der Waals surface area contributed by atoms with E-state index in [-0.39, 0.29) is 11.8 Å². The quantitative estimate of drug-likeness (QED) is 0.898. The predicted molar refractivity (Wildman–Crippen MR) is 94.1 cm³/mol. The van der Waals surface area contributed by atoms with E-state index in [0.29, 0.717) is 12.1 Å². The lowest BCUT2D eigenvalue weighted by Gasteiger charge is -2.31. The fourth-order valence-corrected chi connectivity index (χ4v) is 3.21. The van der Waals surface area contributed by atoms with Gasteiger partial charge in [0.25, 0.3) is 5.91 Å². The summed E-state index contributed by atoms with van der Waals surface area (Å²) in [6.07, 6.45) is 2.18. The first-order valence-corrected chi connectivity index (χ1v) is 8.72. The smallest absolute Gasteiger partial charge is 0.253 e. The van der Waals surface area contributed by atoms with Crippen LogP contribution in [0.3, 0.4) is 0 Å². The average molecular weight is 330 g/mol. The van der Waals surface area contributed by atoms with Crippen LogP contribution in [0.2, 0.25) is 0 Å². The van der Waals surface area contributed by atoms with Crippen molar-refractivity contribution in [2.24, 2.45) is 0 Å². The molecule has 0 aliphatic carbocycles. The highest BCUT2D eigenvalue weighted by Gasteiger charge is 2.19. The fourth-order valence-electron chi connectivity index (χ4n) is 3.21. The summed E-state index contributed by atoms with van der Waals surface area (Å²) in [5, 5.41) is 2.92. The van der Waals surface area contributed by atoms with Crippen molar-refractivity contribution < 1.29 is 9.59 Å². The standard InChI is InChI=1S/C18H26N4O2/c1-20-10-12-21(13-11-20)14-17(23)19-16-6-4-15(5-7-16)18(24)22-8-2-3-9-22/h4-7H,2-3,8-14H2,1H3,(H,19,23). The van der Waals surface area contributed by atoms with Crippen LogP contribution in [0.5, 0.6) is 0 Å². The molecule has 0 unspecified atom stereocenters. The minimum Gasteiger partial charge on any atom is -0.339 e. The summed E-state index contributed by atoms with van der Waals surface area (Å²) in [4.78, 5) is 30.8. The van der Waals surface area contributed by atoms with Crippen molar-refractivity contribution >= 4 is 17.5 Å². The summed E-state index contributed by atoms with van der Waals surface area (Å²) in [5.41, 5.74) is 1.43. The second kappa shape index (κ2) is 7.77. The number of carbonyl (C=O) groups excluding carboxylic acids is 2. The molecule has 2 aliphatic heterocycles. The van der Waals surface area contributed by atoms with Gasteiger partial charge in [0.2, 0.25) is 5.91 Å². The van der Waals surface area contributed by atoms with Crippen molar-refractivity contribution in [1.82, 2.24) is 14.7 Å². The molecule has 3 rings (SSSR count). The Morgan fingerprint density at radius 3 is 2.21 bits per heavy atom. The van der Waals surface area contributed by atoms with Crippen LogP contribution in [-0.4, -0.2) is 79.4 Å². The van der Waals surface area contributed by atoms with Gasteiger partial charge in [0, 0.05) is 50.5 Å². The number of likely N-dealkylation sites (tertiary alicyclic amines) is 1. The number of likely N-dealkylation sites (N-methyl/N-ethyl adjacent to an activating group) is 1. The van der Waals surface area contributed by atoms with Gasteiger partial charge in [0.05, 0.1) is 6.54 Å². The molecule has 2 aliphatic rings. The molecule has 0 aromatic heterocycles. The van der Waals surface area contributed by atoms with Gasteiger partial charge in [0.15, 0.2) is 0 Å². The number of piperazine rings is 1. The highest BCUT2D eigenvalue weighted by molar-refractivity contribution is 5.96. The Kier molecular flexibility index (Phi) is 5.48. The Labute approximate surface area is 143 Å². The van der Waals surface area contributed by atoms with Crippen LogP contribution >= 0.6 is 0 Å². The zero-order valence-corrected chi connectivity index (χ0v) is 14.3. The zero-order chi connectivity index (χ0) is 16.9. The molecule has 1 N–H and O–H groups in total. The summed E-state index contributed by atoms with van der Waals surface area (Å²) in [6, 6.07) is 7.22. The molecule has 0 spiro atoms. The van der Waals surface area contributed by atoms with Crippen molar-refractivity contribution in [3.63, 3.8) is 0 Å². The average Bonchev–Trinajstić information content (AvgIpc) is 3.11. The van der Waals surface area contributed by atoms with Crippen molar-refractivity contribution in [3.05, 3.63) is 29.8 Å². The number of anilines is 1. The van der Waals surface area contributed by atoms with E-state index in [4.69, 9.17) is 0 Å². The molecule has 130 valence electrons. The van der Waals surface area contributed by atoms with Crippen LogP contribution in [0.1, 0.15) is 23.2 Å². The van der Waals surface area contributed by atoms with Crippen molar-refractivity contribution in [1.29, 1.82) is 0 Å². The number of hydrogen-bond acceptors (Lipinski definition) is 4. The van der Waals surface area contributed by atoms with Crippen LogP contribution in [-0.2, 0) is 4.79 Å². The van der Waals surface area contributed by atoms with E-state index >= 15 is 0 Å². The van der Waals surface area contributed by atoms with Crippen LogP contribution in [0.25, 0.3) is 0 Å². The van der Waals surface area contributed by atoms with Gasteiger partial charge in [-0.05, 0) is 44.2 Å². The maximum absolute atomic E-state index is 12.3. The first kappa shape index (κ1) is 16.9. The molecular weight excluding hydrogens is 304 g/mol. The maximum Gasteiger partial charge on any atom is 0.253 e. The minimum atomic E-state index is -0.00169. The number of nitrogens with one attached hydrogen (secondary N) is 1. The third kappa shape index (κ3) is 4.33. The van der Waals surface area contributed by atoms with Gasteiger partial charge in [-0.3, -0.25) is 14.5 Å². The molecule has 1 aromatic rings. The topological polar surface area (TPSA) is 55.9 Å². The van der Waals surface area contributed by atoms with Crippen molar-refractivity contribution in [2.45, 2.75) is 12.8 Å². The van der Waals surface area contributed by atoms with Gasteiger partial charge in [-0.2, -0.15) is 0 Å². The molecule has 0 radical (unpaired) electrons. The summed E-state index contributed by atoms with van der Waals surface area (Å²) in [6.45, 7) is 5.97. The summed E-state index contributed by atoms with van der Waals surface area (Å²) in [5.74, 6) is 0.0842. The molecule has 2 saturated heterocycles. The van der Waals surface area contributed by atoms with E-state index in [1.807, 2.05) is 17.0 Å². The zero-order valence-electron chi connectivity index (χ0n) is 14.3. The number of amides is 2. The number of carbonyl (C=O) groups is 2. The first-order chi connectivity index (χ1) is 11.6. The number of nitrogens with zero attached hydrogens (tertiary/aromatic N) is 3. The minimum absolute atomic E-state index is 0.00169. The Hall–Kier alpha value is -1.92. The van der Waals surface area contributed by atoms with Gasteiger partial charge < -0.3 is 15.1 Å². The van der Waals surface area contributed by atoms with E-state index < -0.39 is 0 Å². The second-order valence-electron chi connectivity index (χ2n) is 6.70. The Morgan fingerprint density at radius 2 is 1.58 bits per heavy atom. The summed E-state index contributed by atoms with van der Waals surface area (Å²) >= 11 is 0. The lowest BCUT2D eigenvalue weighted by Crippen LogP contribution is -2.47. The third-order valence-corrected chi connectivity index (χ3v) is 4.77. The SMILES string of the molecule is CN1CCN(CC(=O)Nc2ccc(C(=O)N3CCCC3)cc2)CC1. The predicted octanol–water partition coefficient (Wildman–Crippen LogP) is 1.11. The van der Waals surface area contributed by atoms with Crippen LogP contribution in [0.4, 0.5) is 5.69 Å². The Balaban J connectivity index is 1.50. The van der Waals surface area contributed by atoms with Gasteiger partial charge in [0.1, 0.15) is 0 Å². The molecule has 1 aromatic carbocycles. The normalized spacial score (nSPS) is 19.5. The molecule has 0 atom stereocenters. The molecule has 2 fully saturated rings. The summed E-state index contributed by atoms with van der Waals surface area (Å²) < 4.78 is 0. The van der Waals surface area contributed by atoms with E-state index in [2.05, 4.69) is 22.2 Å². The second-order valence-corrected chi connectivity index (χ2v) is 6.70. The van der Waals surface area contributed by atoms with E-state index in [1.165, 1.54) is 0 Å². The largest absolute Gasteiger partial charge is 0.339 e. The molecule has 6 heteroatoms. The van der Waals surface area contributed by atoms with Crippen LogP contribution < -0.4 is 5.32 Å². The van der Waals surface area contributed by atoms with Crippen molar-refractivity contribution in [3.8, 4) is 0 Å². The van der Waals surface area contributed by atoms with E-state index in [1.54, 1.807) is 12.1 Å². The molecule has 2 heterocycles. The van der Waals surface area contributed by atoms with E-state index in [0.717, 1.165) is 57.8 Å². The monoisotopic (exact) mass is 330 g/mol. The third-order valence-electron chi connectivity index (χ3n) is 4.77. The number of hydrogen-bond donors (Lipinski definition) is 1. The molecular formula is C18H26N4O2. The highest BCUT2D eigenvalue weighted by atomic mass is 16.2. The molecule has 24 heavy (non-hydrogen) atoms. The summed E-state index contributed by atoms with van der Waals surface area (Å²) in [7, 11) is 2.10. The molecule has 0 bridgehead atoms. The number of rotatable bonds is 4. The van der Waals surface area contributed by atoms with Gasteiger partial charge in [-0.1, -0.05) is 0 Å². The van der Waals surface area contributed by atoms with Crippen LogP contribution in [0, 0.1) is 0 Å². The molecule has 6 nitrogen and oxygen atoms in total. The van der Waals surface area contributed by atoms with Crippen molar-refractivity contribution in [2.75, 3.05) is 58.2 Å². The highest BCUT2D eigenvalue weighted by Crippen LogP contribution is 2.15. The van der Waals surface area contributed by atoms with E-state index in [9.17, 15) is 9.59 Å². The number of benzene rings is 1. The lowest BCUT2D eigenvalue weighted by molar-refractivity contribution is -0.117. The van der Waals surface area contributed by atoms with Gasteiger partial charge >= 0.3 is 0 Å². The Bertz CT molecular complexity index is 573. The Morgan fingerprint density at radius 1 is 0.958 bits per heavy atom. The van der Waals surface area contributed by atoms with Gasteiger partial charge in [-0.15, -0.1) is 0 Å². The maximum atomic E-state index is 12.3. The fraction of sp³-hybridized carbons (Fsp3) is 0.556. The molecule has 2 amide bonds. The van der Waals surface area contributed by atoms with Crippen LogP contribution in [0.15, 0.2) is 24.3 Å².